The molecular weight excluding hydrogens is 639 g/mol. The Kier molecular flexibility index (Phi) is 7.18. The molecule has 49 heavy (non-hydrogen) atoms. The van der Waals surface area contributed by atoms with Crippen LogP contribution in [0.15, 0.2) is 24.3 Å². The topological polar surface area (TPSA) is 102 Å². The number of hydrogen-bond donors (Lipinski definition) is 1. The third-order valence-corrected chi connectivity index (χ3v) is 10.8. The molecule has 0 amide bonds. The van der Waals surface area contributed by atoms with E-state index in [0.29, 0.717) is 67.9 Å². The predicted molar refractivity (Wildman–Crippen MR) is 173 cm³/mol. The molecule has 5 aliphatic heterocycles. The average molecular weight is 674 g/mol. The van der Waals surface area contributed by atoms with Gasteiger partial charge in [-0.05, 0) is 55.8 Å². The van der Waals surface area contributed by atoms with Gasteiger partial charge in [-0.15, -0.1) is 6.42 Å². The molecule has 2 aromatic carbocycles. The van der Waals surface area contributed by atoms with E-state index < -0.39 is 29.1 Å². The van der Waals surface area contributed by atoms with Gasteiger partial charge >= 0.3 is 6.01 Å². The van der Waals surface area contributed by atoms with Gasteiger partial charge in [0.15, 0.2) is 5.82 Å². The highest BCUT2D eigenvalue weighted by molar-refractivity contribution is 6.03. The van der Waals surface area contributed by atoms with Gasteiger partial charge in [-0.2, -0.15) is 9.97 Å². The normalized spacial score (nSPS) is 26.1. The first-order valence-electron chi connectivity index (χ1n) is 16.7. The predicted octanol–water partition coefficient (Wildman–Crippen LogP) is 4.66. The number of fused-ring (bicyclic) bond motifs is 4. The van der Waals surface area contributed by atoms with Crippen LogP contribution >= 0.6 is 0 Å². The second-order valence-corrected chi connectivity index (χ2v) is 13.7. The molecule has 0 radical (unpaired) electrons. The van der Waals surface area contributed by atoms with Crippen molar-refractivity contribution < 1.29 is 37.2 Å². The number of aromatic hydroxyl groups is 1. The zero-order valence-electron chi connectivity index (χ0n) is 26.7. The zero-order valence-corrected chi connectivity index (χ0v) is 26.7. The number of aromatic nitrogens is 3. The van der Waals surface area contributed by atoms with Gasteiger partial charge in [0, 0.05) is 23.9 Å². The van der Waals surface area contributed by atoms with Crippen molar-refractivity contribution >= 4 is 27.5 Å². The quantitative estimate of drug-likeness (QED) is 0.308. The summed E-state index contributed by atoms with van der Waals surface area (Å²) in [5.74, 6) is 0.164. The summed E-state index contributed by atoms with van der Waals surface area (Å²) in [6.45, 7) is 2.97. The van der Waals surface area contributed by atoms with Crippen LogP contribution in [0.25, 0.3) is 32.9 Å². The fourth-order valence-corrected chi connectivity index (χ4v) is 8.57. The molecule has 1 unspecified atom stereocenters. The molecule has 9 rings (SSSR count). The number of aryl methyl sites for hydroxylation is 1. The van der Waals surface area contributed by atoms with E-state index in [1.165, 1.54) is 24.3 Å². The van der Waals surface area contributed by atoms with Gasteiger partial charge in [-0.25, -0.2) is 18.2 Å². The largest absolute Gasteiger partial charge is 0.508 e. The molecule has 1 spiro atoms. The Morgan fingerprint density at radius 2 is 1.98 bits per heavy atom. The molecule has 2 aromatic heterocycles. The number of anilines is 1. The van der Waals surface area contributed by atoms with E-state index in [1.54, 1.807) is 0 Å². The third kappa shape index (κ3) is 4.91. The number of pyridine rings is 1. The van der Waals surface area contributed by atoms with Crippen LogP contribution in [-0.4, -0.2) is 101 Å². The molecule has 0 aliphatic carbocycles. The van der Waals surface area contributed by atoms with E-state index in [0.717, 1.165) is 19.4 Å². The summed E-state index contributed by atoms with van der Waals surface area (Å²) in [5, 5.41) is 11.8. The molecule has 3 atom stereocenters. The van der Waals surface area contributed by atoms with E-state index >= 15 is 8.78 Å². The van der Waals surface area contributed by atoms with Gasteiger partial charge in [-0.3, -0.25) is 4.90 Å². The molecule has 4 saturated heterocycles. The first-order chi connectivity index (χ1) is 23.8. The SMILES string of the molecule is C#Cc1c(F)ccc2cc(O)cc(-c3nc4c5c(nc(OC[C@@]67CCCN6C[C@H](F)C7)nc5c3F)N3CC5(COCC3CC4)OCCO5)c12. The zero-order chi connectivity index (χ0) is 33.5. The molecule has 4 fully saturated rings. The summed E-state index contributed by atoms with van der Waals surface area (Å²) in [5.41, 5.74) is -0.0690. The first kappa shape index (κ1) is 30.8. The molecule has 10 nitrogen and oxygen atoms in total. The smallest absolute Gasteiger partial charge is 0.319 e. The average Bonchev–Trinajstić information content (AvgIpc) is 3.72. The highest BCUT2D eigenvalue weighted by atomic mass is 19.1. The van der Waals surface area contributed by atoms with Gasteiger partial charge < -0.3 is 29.0 Å². The summed E-state index contributed by atoms with van der Waals surface area (Å²) in [6, 6.07) is 5.24. The summed E-state index contributed by atoms with van der Waals surface area (Å²) < 4.78 is 71.3. The van der Waals surface area contributed by atoms with Crippen molar-refractivity contribution in [1.82, 2.24) is 19.9 Å². The Bertz CT molecular complexity index is 2050. The van der Waals surface area contributed by atoms with Crippen molar-refractivity contribution in [3.05, 3.63) is 47.2 Å². The van der Waals surface area contributed by atoms with E-state index in [-0.39, 0.29) is 65.3 Å². The monoisotopic (exact) mass is 673 g/mol. The number of phenols is 1. The van der Waals surface area contributed by atoms with Crippen molar-refractivity contribution in [1.29, 1.82) is 0 Å². The molecule has 5 aliphatic rings. The Morgan fingerprint density at radius 1 is 1.12 bits per heavy atom. The van der Waals surface area contributed by atoms with Gasteiger partial charge in [0.1, 0.15) is 48.0 Å². The van der Waals surface area contributed by atoms with Crippen molar-refractivity contribution in [3.8, 4) is 35.4 Å². The number of hydrogen-bond acceptors (Lipinski definition) is 10. The number of halogens is 3. The third-order valence-electron chi connectivity index (χ3n) is 10.8. The van der Waals surface area contributed by atoms with Gasteiger partial charge in [0.2, 0.25) is 5.79 Å². The van der Waals surface area contributed by atoms with Gasteiger partial charge in [0.05, 0.1) is 54.6 Å². The highest BCUT2D eigenvalue weighted by Gasteiger charge is 2.50. The number of nitrogens with zero attached hydrogens (tertiary/aromatic N) is 5. The molecule has 13 heteroatoms. The van der Waals surface area contributed by atoms with Crippen LogP contribution in [0, 0.1) is 24.0 Å². The van der Waals surface area contributed by atoms with Crippen LogP contribution in [0.4, 0.5) is 19.0 Å². The minimum Gasteiger partial charge on any atom is -0.508 e. The maximum atomic E-state index is 17.2. The number of alkyl halides is 1. The molecule has 0 saturated carbocycles. The second kappa shape index (κ2) is 11.4. The summed E-state index contributed by atoms with van der Waals surface area (Å²) >= 11 is 0. The summed E-state index contributed by atoms with van der Waals surface area (Å²) in [4.78, 5) is 18.5. The molecule has 1 N–H and O–H groups in total. The lowest BCUT2D eigenvalue weighted by Crippen LogP contribution is -2.48. The molecule has 4 aromatic rings. The lowest BCUT2D eigenvalue weighted by molar-refractivity contribution is -0.179. The molecule has 254 valence electrons. The van der Waals surface area contributed by atoms with Crippen molar-refractivity contribution in [2.24, 2.45) is 0 Å². The number of rotatable bonds is 4. The Balaban J connectivity index is 1.25. The number of terminal acetylenes is 1. The fraction of sp³-hybridized carbons (Fsp3) is 0.472. The first-order valence-corrected chi connectivity index (χ1v) is 16.7. The Labute approximate surface area is 280 Å². The van der Waals surface area contributed by atoms with Gasteiger partial charge in [0.25, 0.3) is 0 Å². The summed E-state index contributed by atoms with van der Waals surface area (Å²) in [6.07, 6.45) is 7.86. The van der Waals surface area contributed by atoms with Crippen LogP contribution < -0.4 is 9.64 Å². The van der Waals surface area contributed by atoms with Gasteiger partial charge in [-0.1, -0.05) is 12.0 Å². The molecular formula is C36H34F3N5O5. The molecule has 7 heterocycles. The van der Waals surface area contributed by atoms with Crippen LogP contribution in [0.3, 0.4) is 0 Å². The minimum atomic E-state index is -1.02. The number of benzene rings is 2. The van der Waals surface area contributed by atoms with Crippen molar-refractivity contribution in [2.75, 3.05) is 57.6 Å². The number of ether oxygens (including phenoxy) is 4. The minimum absolute atomic E-state index is 0.0427. The van der Waals surface area contributed by atoms with E-state index in [9.17, 15) is 9.50 Å². The van der Waals surface area contributed by atoms with Crippen LogP contribution in [0.2, 0.25) is 0 Å². The maximum absolute atomic E-state index is 17.2. The Morgan fingerprint density at radius 3 is 2.82 bits per heavy atom. The Hall–Kier alpha value is -4.22. The van der Waals surface area contributed by atoms with E-state index in [1.807, 2.05) is 4.90 Å². The maximum Gasteiger partial charge on any atom is 0.319 e. The molecule has 0 bridgehead atoms. The highest BCUT2D eigenvalue weighted by Crippen LogP contribution is 2.44. The number of phenolic OH excluding ortho intramolecular Hbond substituents is 1. The lowest BCUT2D eigenvalue weighted by Gasteiger charge is -2.34. The van der Waals surface area contributed by atoms with Crippen LogP contribution in [-0.2, 0) is 20.6 Å². The van der Waals surface area contributed by atoms with Crippen LogP contribution in [0.1, 0.15) is 36.9 Å². The summed E-state index contributed by atoms with van der Waals surface area (Å²) in [7, 11) is 0. The second-order valence-electron chi connectivity index (χ2n) is 13.7. The lowest BCUT2D eigenvalue weighted by atomic mass is 9.95. The van der Waals surface area contributed by atoms with Crippen molar-refractivity contribution in [3.63, 3.8) is 0 Å². The standard InChI is InChI=1S/C36H34F3N5O5/c1-2-24-26(38)6-4-20-12-23(45)13-25(28(20)24)31-30(39)32-29-27(40-31)7-5-22-16-46-19-36(48-10-11-49-36)17-44(22)33(29)42-34(41-32)47-18-35-8-3-9-43(35)15-21(37)14-35/h1,4,6,12-13,21-22,45H,3,5,7-11,14-19H2/t21-,22?,35+/m1/s1. The van der Waals surface area contributed by atoms with Crippen LogP contribution in [0.5, 0.6) is 11.8 Å². The fourth-order valence-electron chi connectivity index (χ4n) is 8.57. The van der Waals surface area contributed by atoms with Crippen molar-refractivity contribution in [2.45, 2.75) is 55.6 Å². The van der Waals surface area contributed by atoms with E-state index in [4.69, 9.17) is 35.3 Å². The van der Waals surface area contributed by atoms with E-state index in [2.05, 4.69) is 15.8 Å².